The lowest BCUT2D eigenvalue weighted by Gasteiger charge is -2.46. The van der Waals surface area contributed by atoms with Crippen LogP contribution in [-0.2, 0) is 16.5 Å². The van der Waals surface area contributed by atoms with Crippen LogP contribution in [0.3, 0.4) is 0 Å². The fourth-order valence-corrected chi connectivity index (χ4v) is 3.30. The lowest BCUT2D eigenvalue weighted by molar-refractivity contribution is -0.101. The van der Waals surface area contributed by atoms with Crippen LogP contribution in [0.15, 0.2) is 12.5 Å². The summed E-state index contributed by atoms with van der Waals surface area (Å²) in [6, 6.07) is 0.255. The molecule has 7 nitrogen and oxygen atoms in total. The summed E-state index contributed by atoms with van der Waals surface area (Å²) in [5, 5.41) is 0. The summed E-state index contributed by atoms with van der Waals surface area (Å²) < 4.78 is 12.9. The second-order valence-electron chi connectivity index (χ2n) is 5.97. The van der Waals surface area contributed by atoms with Gasteiger partial charge in [-0.25, -0.2) is 4.98 Å². The minimum Gasteiger partial charge on any atom is -0.383 e. The van der Waals surface area contributed by atoms with Crippen molar-refractivity contribution in [1.29, 1.82) is 0 Å². The molecule has 0 aliphatic carbocycles. The molecule has 1 amide bonds. The Bertz CT molecular complexity index is 519. The number of carbonyl (C=O) groups is 1. The van der Waals surface area contributed by atoms with Crippen LogP contribution in [0, 0.1) is 0 Å². The average molecular weight is 308 g/mol. The Morgan fingerprint density at radius 2 is 2.36 bits per heavy atom. The lowest BCUT2D eigenvalue weighted by atomic mass is 9.98. The van der Waals surface area contributed by atoms with E-state index in [1.807, 2.05) is 11.9 Å². The van der Waals surface area contributed by atoms with Crippen molar-refractivity contribution >= 4 is 5.91 Å². The summed E-state index contributed by atoms with van der Waals surface area (Å²) >= 11 is 0. The summed E-state index contributed by atoms with van der Waals surface area (Å²) in [6.45, 7) is 4.68. The van der Waals surface area contributed by atoms with E-state index in [9.17, 15) is 4.79 Å². The van der Waals surface area contributed by atoms with Gasteiger partial charge < -0.3 is 18.9 Å². The predicted molar refractivity (Wildman–Crippen MR) is 80.7 cm³/mol. The maximum Gasteiger partial charge on any atom is 0.274 e. The van der Waals surface area contributed by atoms with E-state index in [2.05, 4.69) is 9.88 Å². The Balaban J connectivity index is 1.67. The standard InChI is InChI=1S/C15H24N4O3/c1-17-9-12(16-11-17)15(20)19-4-3-14-13(10-19)18(5-7-21-2)6-8-22-14/h9,11,13-14H,3-8,10H2,1-2H3/t13-,14-/m0/s1. The maximum atomic E-state index is 12.6. The summed E-state index contributed by atoms with van der Waals surface area (Å²) in [5.74, 6) is 0.0105. The lowest BCUT2D eigenvalue weighted by Crippen LogP contribution is -2.61. The largest absolute Gasteiger partial charge is 0.383 e. The first-order valence-corrected chi connectivity index (χ1v) is 7.81. The number of fused-ring (bicyclic) bond motifs is 1. The number of rotatable bonds is 4. The van der Waals surface area contributed by atoms with Crippen LogP contribution in [0.4, 0.5) is 0 Å². The third-order valence-electron chi connectivity index (χ3n) is 4.49. The molecule has 0 spiro atoms. The fourth-order valence-electron chi connectivity index (χ4n) is 3.30. The number of imidazole rings is 1. The van der Waals surface area contributed by atoms with Crippen LogP contribution >= 0.6 is 0 Å². The monoisotopic (exact) mass is 308 g/mol. The molecule has 0 aromatic carbocycles. The second kappa shape index (κ2) is 6.76. The molecule has 0 bridgehead atoms. The van der Waals surface area contributed by atoms with E-state index in [4.69, 9.17) is 9.47 Å². The van der Waals surface area contributed by atoms with Crippen molar-refractivity contribution in [1.82, 2.24) is 19.4 Å². The van der Waals surface area contributed by atoms with E-state index in [1.54, 1.807) is 24.2 Å². The molecule has 0 radical (unpaired) electrons. The van der Waals surface area contributed by atoms with E-state index >= 15 is 0 Å². The Hall–Kier alpha value is -1.44. The summed E-state index contributed by atoms with van der Waals surface area (Å²) in [7, 11) is 3.59. The van der Waals surface area contributed by atoms with Crippen LogP contribution < -0.4 is 0 Å². The van der Waals surface area contributed by atoms with Crippen molar-refractivity contribution in [3.05, 3.63) is 18.2 Å². The number of piperidine rings is 1. The SMILES string of the molecule is COCCN1CCO[C@H]2CCN(C(=O)c3cn(C)cn3)C[C@@H]21. The van der Waals surface area contributed by atoms with Crippen LogP contribution in [0.25, 0.3) is 0 Å². The van der Waals surface area contributed by atoms with Gasteiger partial charge in [0.25, 0.3) is 5.91 Å². The fraction of sp³-hybridized carbons (Fsp3) is 0.733. The van der Waals surface area contributed by atoms with Gasteiger partial charge in [0.2, 0.25) is 0 Å². The number of aromatic nitrogens is 2. The van der Waals surface area contributed by atoms with Gasteiger partial charge in [-0.2, -0.15) is 0 Å². The molecule has 7 heteroatoms. The summed E-state index contributed by atoms with van der Waals surface area (Å²) in [6.07, 6.45) is 4.54. The molecule has 2 atom stereocenters. The first-order chi connectivity index (χ1) is 10.7. The molecule has 3 rings (SSSR count). The van der Waals surface area contributed by atoms with Gasteiger partial charge in [-0.05, 0) is 6.42 Å². The van der Waals surface area contributed by atoms with E-state index < -0.39 is 0 Å². The molecule has 2 aliphatic heterocycles. The van der Waals surface area contributed by atoms with Gasteiger partial charge in [0, 0.05) is 46.5 Å². The number of hydrogen-bond acceptors (Lipinski definition) is 5. The van der Waals surface area contributed by atoms with E-state index in [1.165, 1.54) is 0 Å². The van der Waals surface area contributed by atoms with E-state index in [0.717, 1.165) is 32.7 Å². The highest BCUT2D eigenvalue weighted by atomic mass is 16.5. The molecule has 122 valence electrons. The number of carbonyl (C=O) groups excluding carboxylic acids is 1. The normalized spacial score (nSPS) is 26.0. The highest BCUT2D eigenvalue weighted by molar-refractivity contribution is 5.92. The molecular formula is C15H24N4O3. The molecule has 0 N–H and O–H groups in total. The van der Waals surface area contributed by atoms with Crippen molar-refractivity contribution in [3.8, 4) is 0 Å². The zero-order chi connectivity index (χ0) is 15.5. The summed E-state index contributed by atoms with van der Waals surface area (Å²) in [4.78, 5) is 21.0. The highest BCUT2D eigenvalue weighted by Gasteiger charge is 2.38. The summed E-state index contributed by atoms with van der Waals surface area (Å²) in [5.41, 5.74) is 0.515. The predicted octanol–water partition coefficient (Wildman–Crippen LogP) is -0.0182. The van der Waals surface area contributed by atoms with Crippen molar-refractivity contribution in [3.63, 3.8) is 0 Å². The van der Waals surface area contributed by atoms with Gasteiger partial charge in [-0.15, -0.1) is 0 Å². The van der Waals surface area contributed by atoms with Gasteiger partial charge >= 0.3 is 0 Å². The molecule has 1 aromatic heterocycles. The molecule has 1 aromatic rings. The van der Waals surface area contributed by atoms with Crippen molar-refractivity contribution < 1.29 is 14.3 Å². The van der Waals surface area contributed by atoms with Crippen molar-refractivity contribution in [2.75, 3.05) is 46.5 Å². The Morgan fingerprint density at radius 3 is 3.09 bits per heavy atom. The van der Waals surface area contributed by atoms with Gasteiger partial charge in [-0.3, -0.25) is 9.69 Å². The Kier molecular flexibility index (Phi) is 4.75. The van der Waals surface area contributed by atoms with Gasteiger partial charge in [0.1, 0.15) is 5.69 Å². The third kappa shape index (κ3) is 3.16. The molecule has 0 saturated carbocycles. The zero-order valence-corrected chi connectivity index (χ0v) is 13.3. The molecule has 0 unspecified atom stereocenters. The number of aryl methyl sites for hydroxylation is 1. The molecule has 2 aliphatic rings. The van der Waals surface area contributed by atoms with Crippen molar-refractivity contribution in [2.24, 2.45) is 7.05 Å². The van der Waals surface area contributed by atoms with Crippen LogP contribution in [0.2, 0.25) is 0 Å². The molecule has 2 fully saturated rings. The number of likely N-dealkylation sites (tertiary alicyclic amines) is 1. The van der Waals surface area contributed by atoms with Crippen LogP contribution in [0.5, 0.6) is 0 Å². The number of hydrogen-bond donors (Lipinski definition) is 0. The van der Waals surface area contributed by atoms with E-state index in [0.29, 0.717) is 18.8 Å². The molecule has 3 heterocycles. The third-order valence-corrected chi connectivity index (χ3v) is 4.49. The molecule has 22 heavy (non-hydrogen) atoms. The van der Waals surface area contributed by atoms with Crippen LogP contribution in [-0.4, -0.2) is 83.9 Å². The van der Waals surface area contributed by atoms with E-state index in [-0.39, 0.29) is 18.1 Å². The average Bonchev–Trinajstić information content (AvgIpc) is 2.98. The number of amides is 1. The molecule has 2 saturated heterocycles. The first kappa shape index (κ1) is 15.5. The van der Waals surface area contributed by atoms with Gasteiger partial charge in [0.05, 0.1) is 31.7 Å². The minimum atomic E-state index is 0.0105. The minimum absolute atomic E-state index is 0.0105. The number of ether oxygens (including phenoxy) is 2. The quantitative estimate of drug-likeness (QED) is 0.782. The Morgan fingerprint density at radius 1 is 1.50 bits per heavy atom. The van der Waals surface area contributed by atoms with Crippen molar-refractivity contribution in [2.45, 2.75) is 18.6 Å². The topological polar surface area (TPSA) is 59.8 Å². The maximum absolute atomic E-state index is 12.6. The van der Waals surface area contributed by atoms with Crippen LogP contribution in [0.1, 0.15) is 16.9 Å². The van der Waals surface area contributed by atoms with Gasteiger partial charge in [0.15, 0.2) is 0 Å². The second-order valence-corrected chi connectivity index (χ2v) is 5.97. The zero-order valence-electron chi connectivity index (χ0n) is 13.3. The number of nitrogens with zero attached hydrogens (tertiary/aromatic N) is 4. The number of methoxy groups -OCH3 is 1. The first-order valence-electron chi connectivity index (χ1n) is 7.81. The smallest absolute Gasteiger partial charge is 0.274 e. The molecular weight excluding hydrogens is 284 g/mol. The number of morpholine rings is 1. The Labute approximate surface area is 130 Å². The highest BCUT2D eigenvalue weighted by Crippen LogP contribution is 2.23. The van der Waals surface area contributed by atoms with Gasteiger partial charge in [-0.1, -0.05) is 0 Å².